The van der Waals surface area contributed by atoms with Gasteiger partial charge < -0.3 is 9.84 Å². The van der Waals surface area contributed by atoms with Crippen LogP contribution in [0.1, 0.15) is 42.9 Å². The van der Waals surface area contributed by atoms with Crippen LogP contribution in [0.5, 0.6) is 0 Å². The van der Waals surface area contributed by atoms with Crippen molar-refractivity contribution in [2.75, 3.05) is 13.2 Å². The summed E-state index contributed by atoms with van der Waals surface area (Å²) in [5.74, 6) is -0.192. The molecule has 0 aliphatic heterocycles. The summed E-state index contributed by atoms with van der Waals surface area (Å²) in [5.41, 5.74) is 3.71. The molecule has 4 nitrogen and oxygen atoms in total. The van der Waals surface area contributed by atoms with E-state index in [2.05, 4.69) is 4.98 Å². The largest absolute Gasteiger partial charge is 0.463 e. The fourth-order valence-electron chi connectivity index (χ4n) is 2.62. The van der Waals surface area contributed by atoms with Gasteiger partial charge in [-0.2, -0.15) is 0 Å². The zero-order valence-electron chi connectivity index (χ0n) is 14.1. The third kappa shape index (κ3) is 4.77. The van der Waals surface area contributed by atoms with E-state index in [4.69, 9.17) is 4.74 Å². The second-order valence-corrected chi connectivity index (χ2v) is 5.57. The first kappa shape index (κ1) is 17.9. The first-order valence-electron chi connectivity index (χ1n) is 8.11. The van der Waals surface area contributed by atoms with Gasteiger partial charge in [0.15, 0.2) is 0 Å². The van der Waals surface area contributed by atoms with Gasteiger partial charge in [0.2, 0.25) is 0 Å². The topological polar surface area (TPSA) is 59.4 Å². The van der Waals surface area contributed by atoms with E-state index in [1.165, 1.54) is 0 Å². The Balaban J connectivity index is 2.21. The number of esters is 1. The molecule has 0 fully saturated rings. The number of hydrogen-bond donors (Lipinski definition) is 1. The highest BCUT2D eigenvalue weighted by Crippen LogP contribution is 2.27. The number of benzene rings is 1. The van der Waals surface area contributed by atoms with Crippen molar-refractivity contribution >= 4 is 12.0 Å². The van der Waals surface area contributed by atoms with Crippen LogP contribution in [-0.4, -0.2) is 29.3 Å². The van der Waals surface area contributed by atoms with Crippen molar-refractivity contribution in [2.45, 2.75) is 26.2 Å². The molecule has 1 atom stereocenters. The molecule has 0 radical (unpaired) electrons. The van der Waals surface area contributed by atoms with Crippen molar-refractivity contribution in [2.24, 2.45) is 0 Å². The zero-order valence-corrected chi connectivity index (χ0v) is 14.1. The highest BCUT2D eigenvalue weighted by Gasteiger charge is 2.14. The van der Waals surface area contributed by atoms with Crippen molar-refractivity contribution < 1.29 is 14.6 Å². The molecule has 0 saturated carbocycles. The molecule has 0 spiro atoms. The molecule has 2 aromatic rings. The Hall–Kier alpha value is -2.46. The molecular formula is C20H23NO3. The van der Waals surface area contributed by atoms with E-state index in [9.17, 15) is 9.90 Å². The standard InChI is InChI=1S/C20H23NO3/c1-3-24-20(23)15(2)13-16-6-8-17(9-7-16)19(10-12-22)18-5-4-11-21-14-18/h4-9,11,13-14,19,22H,3,10,12H2,1-2H3. The molecular weight excluding hydrogens is 302 g/mol. The highest BCUT2D eigenvalue weighted by molar-refractivity contribution is 5.92. The Labute approximate surface area is 142 Å². The average Bonchev–Trinajstić information content (AvgIpc) is 2.61. The molecule has 1 aromatic carbocycles. The van der Waals surface area contributed by atoms with Crippen LogP contribution in [0.25, 0.3) is 6.08 Å². The lowest BCUT2D eigenvalue weighted by Crippen LogP contribution is -2.05. The lowest BCUT2D eigenvalue weighted by molar-refractivity contribution is -0.138. The molecule has 126 valence electrons. The minimum Gasteiger partial charge on any atom is -0.463 e. The maximum atomic E-state index is 11.7. The van der Waals surface area contributed by atoms with Crippen LogP contribution in [0.3, 0.4) is 0 Å². The third-order valence-electron chi connectivity index (χ3n) is 3.82. The summed E-state index contributed by atoms with van der Waals surface area (Å²) >= 11 is 0. The molecule has 0 aliphatic carbocycles. The first-order valence-corrected chi connectivity index (χ1v) is 8.11. The van der Waals surface area contributed by atoms with Crippen LogP contribution < -0.4 is 0 Å². The van der Waals surface area contributed by atoms with Gasteiger partial charge in [0.25, 0.3) is 0 Å². The van der Waals surface area contributed by atoms with Crippen LogP contribution in [0.4, 0.5) is 0 Å². The van der Waals surface area contributed by atoms with Crippen LogP contribution in [0.2, 0.25) is 0 Å². The number of rotatable bonds is 7. The summed E-state index contributed by atoms with van der Waals surface area (Å²) in [6.07, 6.45) is 6.03. The monoisotopic (exact) mass is 325 g/mol. The van der Waals surface area contributed by atoms with Crippen molar-refractivity contribution in [3.8, 4) is 0 Å². The van der Waals surface area contributed by atoms with Crippen LogP contribution in [-0.2, 0) is 9.53 Å². The predicted octanol–water partition coefficient (Wildman–Crippen LogP) is 3.56. The van der Waals surface area contributed by atoms with E-state index < -0.39 is 0 Å². The number of nitrogens with zero attached hydrogens (tertiary/aromatic N) is 1. The Morgan fingerprint density at radius 1 is 1.25 bits per heavy atom. The summed E-state index contributed by atoms with van der Waals surface area (Å²) in [7, 11) is 0. The molecule has 4 heteroatoms. The van der Waals surface area contributed by atoms with Crippen LogP contribution >= 0.6 is 0 Å². The molecule has 1 aromatic heterocycles. The van der Waals surface area contributed by atoms with E-state index in [1.54, 1.807) is 20.0 Å². The Morgan fingerprint density at radius 2 is 2.00 bits per heavy atom. The van der Waals surface area contributed by atoms with Gasteiger partial charge in [0, 0.05) is 30.5 Å². The summed E-state index contributed by atoms with van der Waals surface area (Å²) in [4.78, 5) is 15.8. The molecule has 1 unspecified atom stereocenters. The Morgan fingerprint density at radius 3 is 2.58 bits per heavy atom. The summed E-state index contributed by atoms with van der Waals surface area (Å²) in [6.45, 7) is 4.02. The fourth-order valence-corrected chi connectivity index (χ4v) is 2.62. The van der Waals surface area contributed by atoms with Crippen molar-refractivity contribution in [3.05, 3.63) is 71.1 Å². The van der Waals surface area contributed by atoms with E-state index >= 15 is 0 Å². The number of aliphatic hydroxyl groups excluding tert-OH is 1. The molecule has 0 saturated heterocycles. The van der Waals surface area contributed by atoms with Gasteiger partial charge >= 0.3 is 5.97 Å². The van der Waals surface area contributed by atoms with E-state index in [1.807, 2.05) is 48.7 Å². The van der Waals surface area contributed by atoms with Gasteiger partial charge in [-0.3, -0.25) is 4.98 Å². The van der Waals surface area contributed by atoms with Crippen LogP contribution in [0.15, 0.2) is 54.4 Å². The lowest BCUT2D eigenvalue weighted by atomic mass is 9.89. The third-order valence-corrected chi connectivity index (χ3v) is 3.82. The van der Waals surface area contributed by atoms with Gasteiger partial charge in [-0.05, 0) is 49.1 Å². The second-order valence-electron chi connectivity index (χ2n) is 5.57. The van der Waals surface area contributed by atoms with Crippen molar-refractivity contribution in [1.29, 1.82) is 0 Å². The maximum absolute atomic E-state index is 11.7. The normalized spacial score (nSPS) is 12.7. The molecule has 0 aliphatic rings. The van der Waals surface area contributed by atoms with Gasteiger partial charge in [-0.25, -0.2) is 4.79 Å². The first-order chi connectivity index (χ1) is 11.7. The number of carbonyl (C=O) groups excluding carboxylic acids is 1. The summed E-state index contributed by atoms with van der Waals surface area (Å²) in [5, 5.41) is 9.36. The second kappa shape index (κ2) is 8.99. The quantitative estimate of drug-likeness (QED) is 0.624. The molecule has 1 N–H and O–H groups in total. The summed E-state index contributed by atoms with van der Waals surface area (Å²) < 4.78 is 4.99. The van der Waals surface area contributed by atoms with Gasteiger partial charge in [0.05, 0.1) is 6.61 Å². The molecule has 2 rings (SSSR count). The van der Waals surface area contributed by atoms with Crippen molar-refractivity contribution in [3.63, 3.8) is 0 Å². The molecule has 1 heterocycles. The molecule has 0 amide bonds. The van der Waals surface area contributed by atoms with E-state index in [-0.39, 0.29) is 18.5 Å². The van der Waals surface area contributed by atoms with E-state index in [0.717, 1.165) is 16.7 Å². The lowest BCUT2D eigenvalue weighted by Gasteiger charge is -2.16. The number of ether oxygens (including phenoxy) is 1. The smallest absolute Gasteiger partial charge is 0.333 e. The number of aliphatic hydroxyl groups is 1. The summed E-state index contributed by atoms with van der Waals surface area (Å²) in [6, 6.07) is 11.9. The predicted molar refractivity (Wildman–Crippen MR) is 94.5 cm³/mol. The van der Waals surface area contributed by atoms with E-state index in [0.29, 0.717) is 18.6 Å². The fraction of sp³-hybridized carbons (Fsp3) is 0.300. The zero-order chi connectivity index (χ0) is 17.4. The Kier molecular flexibility index (Phi) is 6.70. The van der Waals surface area contributed by atoms with Crippen LogP contribution in [0, 0.1) is 0 Å². The number of aromatic nitrogens is 1. The minimum absolute atomic E-state index is 0.105. The van der Waals surface area contributed by atoms with Gasteiger partial charge in [-0.1, -0.05) is 30.3 Å². The highest BCUT2D eigenvalue weighted by atomic mass is 16.5. The molecule has 24 heavy (non-hydrogen) atoms. The average molecular weight is 325 g/mol. The maximum Gasteiger partial charge on any atom is 0.333 e. The number of carbonyl (C=O) groups is 1. The number of hydrogen-bond acceptors (Lipinski definition) is 4. The SMILES string of the molecule is CCOC(=O)C(C)=Cc1ccc(C(CCO)c2cccnc2)cc1. The Bertz CT molecular complexity index is 678. The molecule has 0 bridgehead atoms. The van der Waals surface area contributed by atoms with Gasteiger partial charge in [-0.15, -0.1) is 0 Å². The van der Waals surface area contributed by atoms with Crippen molar-refractivity contribution in [1.82, 2.24) is 4.98 Å². The van der Waals surface area contributed by atoms with Gasteiger partial charge in [0.1, 0.15) is 0 Å². The minimum atomic E-state index is -0.296. The number of pyridine rings is 1.